The number of hydrogen-bond donors (Lipinski definition) is 0. The third kappa shape index (κ3) is 7.84. The molecule has 1 aromatic carbocycles. The van der Waals surface area contributed by atoms with Gasteiger partial charge < -0.3 is 23.7 Å². The molecule has 0 N–H and O–H groups in total. The van der Waals surface area contributed by atoms with Crippen LogP contribution in [0.15, 0.2) is 29.4 Å². The van der Waals surface area contributed by atoms with Gasteiger partial charge in [-0.05, 0) is 31.4 Å². The molecule has 1 saturated heterocycles. The van der Waals surface area contributed by atoms with Gasteiger partial charge in [-0.3, -0.25) is 9.59 Å². The van der Waals surface area contributed by atoms with Crippen molar-refractivity contribution in [2.45, 2.75) is 71.4 Å². The average molecular weight is 435 g/mol. The second-order valence-corrected chi connectivity index (χ2v) is 7.30. The van der Waals surface area contributed by atoms with E-state index in [1.54, 1.807) is 6.92 Å². The number of azide groups is 1. The van der Waals surface area contributed by atoms with Gasteiger partial charge in [0.05, 0.1) is 12.7 Å². The summed E-state index contributed by atoms with van der Waals surface area (Å²) in [5.41, 5.74) is 10.4. The number of aryl methyl sites for hydroxylation is 1. The fraction of sp³-hybridized carbons (Fsp3) is 0.619. The van der Waals surface area contributed by atoms with Crippen molar-refractivity contribution in [1.82, 2.24) is 0 Å². The molecule has 10 nitrogen and oxygen atoms in total. The molecule has 0 spiro atoms. The first kappa shape index (κ1) is 24.6. The topological polar surface area (TPSA) is 129 Å². The SMILES string of the molecule is CC(=O)O[C@H]1[C@H](OCc2ccc(C)cc2)[C@H](OCCCN=[N+]=[N-])O[C@@H](C)[C@H]1OC(C)=O. The van der Waals surface area contributed by atoms with Crippen LogP contribution >= 0.6 is 0 Å². The van der Waals surface area contributed by atoms with Crippen LogP contribution in [-0.4, -0.2) is 55.8 Å². The molecular formula is C21H29N3O7. The lowest BCUT2D eigenvalue weighted by atomic mass is 9.98. The summed E-state index contributed by atoms with van der Waals surface area (Å²) in [5.74, 6) is -1.06. The van der Waals surface area contributed by atoms with Crippen molar-refractivity contribution < 1.29 is 33.3 Å². The van der Waals surface area contributed by atoms with E-state index in [-0.39, 0.29) is 19.8 Å². The summed E-state index contributed by atoms with van der Waals surface area (Å²) in [4.78, 5) is 26.1. The zero-order chi connectivity index (χ0) is 22.8. The summed E-state index contributed by atoms with van der Waals surface area (Å²) in [6.45, 7) is 6.98. The Hall–Kier alpha value is -2.65. The van der Waals surface area contributed by atoms with Gasteiger partial charge in [-0.15, -0.1) is 0 Å². The van der Waals surface area contributed by atoms with Crippen molar-refractivity contribution in [3.63, 3.8) is 0 Å². The number of hydrogen-bond acceptors (Lipinski definition) is 8. The normalized spacial score (nSPS) is 25.4. The minimum atomic E-state index is -0.919. The average Bonchev–Trinajstić information content (AvgIpc) is 2.70. The first-order valence-electron chi connectivity index (χ1n) is 10.1. The van der Waals surface area contributed by atoms with E-state index >= 15 is 0 Å². The second-order valence-electron chi connectivity index (χ2n) is 7.30. The first-order valence-corrected chi connectivity index (χ1v) is 10.1. The summed E-state index contributed by atoms with van der Waals surface area (Å²) >= 11 is 0. The minimum Gasteiger partial charge on any atom is -0.456 e. The lowest BCUT2D eigenvalue weighted by Gasteiger charge is -2.43. The van der Waals surface area contributed by atoms with Crippen LogP contribution in [0.25, 0.3) is 10.4 Å². The van der Waals surface area contributed by atoms with Crippen LogP contribution in [-0.2, 0) is 39.9 Å². The molecule has 1 aromatic rings. The molecule has 170 valence electrons. The van der Waals surface area contributed by atoms with E-state index in [1.807, 2.05) is 31.2 Å². The summed E-state index contributed by atoms with van der Waals surface area (Å²) in [5, 5.41) is 3.47. The molecule has 0 radical (unpaired) electrons. The molecule has 0 unspecified atom stereocenters. The van der Waals surface area contributed by atoms with Crippen molar-refractivity contribution >= 4 is 11.9 Å². The molecule has 0 bridgehead atoms. The van der Waals surface area contributed by atoms with Crippen molar-refractivity contribution in [2.75, 3.05) is 13.2 Å². The lowest BCUT2D eigenvalue weighted by molar-refractivity contribution is -0.308. The van der Waals surface area contributed by atoms with Gasteiger partial charge in [-0.1, -0.05) is 34.9 Å². The smallest absolute Gasteiger partial charge is 0.303 e. The highest BCUT2D eigenvalue weighted by molar-refractivity contribution is 5.67. The van der Waals surface area contributed by atoms with Crippen LogP contribution in [0.5, 0.6) is 0 Å². The standard InChI is InChI=1S/C21H29N3O7/c1-13-6-8-17(9-7-13)12-28-20-19(31-16(4)26)18(30-15(3)25)14(2)29-21(20)27-11-5-10-23-24-22/h6-9,14,18-21H,5,10-12H2,1-4H3/t14-,18+,19+,20-,21+/m0/s1. The lowest BCUT2D eigenvalue weighted by Crippen LogP contribution is -2.60. The first-order chi connectivity index (χ1) is 14.8. The summed E-state index contributed by atoms with van der Waals surface area (Å²) in [6.07, 6.45) is -3.61. The summed E-state index contributed by atoms with van der Waals surface area (Å²) in [6, 6.07) is 7.80. The molecule has 1 aliphatic heterocycles. The van der Waals surface area contributed by atoms with Crippen LogP contribution in [0.1, 0.15) is 38.3 Å². The highest BCUT2D eigenvalue weighted by Crippen LogP contribution is 2.30. The minimum absolute atomic E-state index is 0.214. The van der Waals surface area contributed by atoms with Crippen LogP contribution in [0, 0.1) is 6.92 Å². The Labute approximate surface area is 181 Å². The molecular weight excluding hydrogens is 406 g/mol. The van der Waals surface area contributed by atoms with E-state index in [4.69, 9.17) is 29.2 Å². The molecule has 1 heterocycles. The number of nitrogens with zero attached hydrogens (tertiary/aromatic N) is 3. The Morgan fingerprint density at radius 3 is 2.32 bits per heavy atom. The molecule has 5 atom stereocenters. The van der Waals surface area contributed by atoms with Gasteiger partial charge in [0.15, 0.2) is 18.5 Å². The molecule has 0 saturated carbocycles. The van der Waals surface area contributed by atoms with Crippen molar-refractivity contribution in [3.8, 4) is 0 Å². The van der Waals surface area contributed by atoms with Gasteiger partial charge in [0.2, 0.25) is 0 Å². The number of carbonyl (C=O) groups excluding carboxylic acids is 2. The van der Waals surface area contributed by atoms with E-state index in [2.05, 4.69) is 10.0 Å². The molecule has 31 heavy (non-hydrogen) atoms. The van der Waals surface area contributed by atoms with Crippen molar-refractivity contribution in [2.24, 2.45) is 5.11 Å². The van der Waals surface area contributed by atoms with Gasteiger partial charge in [-0.2, -0.15) is 0 Å². The Morgan fingerprint density at radius 1 is 1.06 bits per heavy atom. The molecule has 10 heteroatoms. The van der Waals surface area contributed by atoms with Crippen LogP contribution in [0.2, 0.25) is 0 Å². The predicted octanol–water partition coefficient (Wildman–Crippen LogP) is 3.21. The highest BCUT2D eigenvalue weighted by Gasteiger charge is 2.49. The maximum Gasteiger partial charge on any atom is 0.303 e. The summed E-state index contributed by atoms with van der Waals surface area (Å²) in [7, 11) is 0. The van der Waals surface area contributed by atoms with Crippen molar-refractivity contribution in [3.05, 3.63) is 45.8 Å². The monoisotopic (exact) mass is 435 g/mol. The Morgan fingerprint density at radius 2 is 1.71 bits per heavy atom. The molecule has 1 fully saturated rings. The molecule has 1 aliphatic rings. The fourth-order valence-corrected chi connectivity index (χ4v) is 3.22. The highest BCUT2D eigenvalue weighted by atomic mass is 16.7. The third-order valence-electron chi connectivity index (χ3n) is 4.64. The van der Waals surface area contributed by atoms with Crippen LogP contribution in [0.4, 0.5) is 0 Å². The van der Waals surface area contributed by atoms with Gasteiger partial charge >= 0.3 is 11.9 Å². The van der Waals surface area contributed by atoms with Gasteiger partial charge in [0.25, 0.3) is 0 Å². The number of esters is 2. The van der Waals surface area contributed by atoms with Gasteiger partial charge in [0.1, 0.15) is 6.10 Å². The second kappa shape index (κ2) is 12.3. The van der Waals surface area contributed by atoms with Crippen LogP contribution in [0.3, 0.4) is 0 Å². The van der Waals surface area contributed by atoms with Crippen molar-refractivity contribution in [1.29, 1.82) is 0 Å². The quantitative estimate of drug-likeness (QED) is 0.181. The summed E-state index contributed by atoms with van der Waals surface area (Å²) < 4.78 is 28.7. The van der Waals surface area contributed by atoms with E-state index in [0.717, 1.165) is 11.1 Å². The molecule has 0 aliphatic carbocycles. The predicted molar refractivity (Wildman–Crippen MR) is 110 cm³/mol. The van der Waals surface area contributed by atoms with E-state index in [9.17, 15) is 9.59 Å². The Bertz CT molecular complexity index is 780. The largest absolute Gasteiger partial charge is 0.456 e. The number of benzene rings is 1. The fourth-order valence-electron chi connectivity index (χ4n) is 3.22. The zero-order valence-corrected chi connectivity index (χ0v) is 18.2. The maximum absolute atomic E-state index is 11.8. The maximum atomic E-state index is 11.8. The van der Waals surface area contributed by atoms with Gasteiger partial charge in [-0.25, -0.2) is 0 Å². The Balaban J connectivity index is 2.21. The molecule has 0 aromatic heterocycles. The van der Waals surface area contributed by atoms with Crippen LogP contribution < -0.4 is 0 Å². The molecule has 2 rings (SSSR count). The third-order valence-corrected chi connectivity index (χ3v) is 4.64. The van der Waals surface area contributed by atoms with Gasteiger partial charge in [0, 0.05) is 31.9 Å². The van der Waals surface area contributed by atoms with E-state index in [1.165, 1.54) is 13.8 Å². The van der Waals surface area contributed by atoms with E-state index < -0.39 is 42.6 Å². The zero-order valence-electron chi connectivity index (χ0n) is 18.2. The Kier molecular flexibility index (Phi) is 9.74. The number of ether oxygens (including phenoxy) is 5. The molecule has 0 amide bonds. The van der Waals surface area contributed by atoms with E-state index in [0.29, 0.717) is 6.42 Å². The number of rotatable bonds is 10. The number of carbonyl (C=O) groups is 2.